The zero-order valence-electron chi connectivity index (χ0n) is 19.6. The second-order valence-corrected chi connectivity index (χ2v) is 9.37. The van der Waals surface area contributed by atoms with Gasteiger partial charge in [0.2, 0.25) is 0 Å². The Balaban J connectivity index is 1.58. The molecule has 0 atom stereocenters. The van der Waals surface area contributed by atoms with Gasteiger partial charge in [0.05, 0.1) is 11.6 Å². The van der Waals surface area contributed by atoms with Crippen LogP contribution in [0.25, 0.3) is 0 Å². The molecule has 1 fully saturated rings. The molecule has 8 heteroatoms. The number of anilines is 1. The zero-order valence-corrected chi connectivity index (χ0v) is 20.3. The van der Waals surface area contributed by atoms with Crippen LogP contribution in [0.15, 0.2) is 66.7 Å². The number of hydrogen-bond donors (Lipinski definition) is 2. The maximum absolute atomic E-state index is 13.6. The highest BCUT2D eigenvalue weighted by atomic mass is 35.5. The second-order valence-electron chi connectivity index (χ2n) is 8.96. The van der Waals surface area contributed by atoms with E-state index in [1.807, 2.05) is 0 Å². The summed E-state index contributed by atoms with van der Waals surface area (Å²) in [5.41, 5.74) is 8.59. The highest BCUT2D eigenvalue weighted by Crippen LogP contribution is 2.29. The van der Waals surface area contributed by atoms with Crippen molar-refractivity contribution in [2.75, 3.05) is 5.32 Å². The molecule has 0 spiro atoms. The molecule has 0 saturated heterocycles. The van der Waals surface area contributed by atoms with Gasteiger partial charge in [0.1, 0.15) is 5.82 Å². The molecule has 4 rings (SSSR count). The van der Waals surface area contributed by atoms with Gasteiger partial charge in [0.25, 0.3) is 11.8 Å². The lowest BCUT2D eigenvalue weighted by Gasteiger charge is -2.36. The maximum atomic E-state index is 13.6. The Morgan fingerprint density at radius 1 is 1.00 bits per heavy atom. The van der Waals surface area contributed by atoms with Crippen LogP contribution < -0.4 is 11.1 Å². The molecule has 0 unspecified atom stereocenters. The van der Waals surface area contributed by atoms with Crippen LogP contribution in [0.4, 0.5) is 10.1 Å². The van der Waals surface area contributed by atoms with Crippen LogP contribution in [0.2, 0.25) is 5.02 Å². The highest BCUT2D eigenvalue weighted by molar-refractivity contribution is 6.31. The van der Waals surface area contributed by atoms with E-state index in [1.54, 1.807) is 47.4 Å². The van der Waals surface area contributed by atoms with E-state index >= 15 is 0 Å². The number of carbonyl (C=O) groups is 2. The van der Waals surface area contributed by atoms with Crippen molar-refractivity contribution in [3.05, 3.63) is 99.8 Å². The van der Waals surface area contributed by atoms with Gasteiger partial charge in [-0.25, -0.2) is 4.39 Å². The van der Waals surface area contributed by atoms with E-state index < -0.39 is 5.82 Å². The summed E-state index contributed by atoms with van der Waals surface area (Å²) >= 11 is 6.52. The first-order chi connectivity index (χ1) is 17.3. The fraction of sp³-hybridized carbons (Fsp3) is 0.250. The molecule has 0 bridgehead atoms. The molecule has 3 N–H and O–H groups in total. The first-order valence-electron chi connectivity index (χ1n) is 11.8. The lowest BCUT2D eigenvalue weighted by atomic mass is 9.90. The van der Waals surface area contributed by atoms with Gasteiger partial charge < -0.3 is 16.0 Å². The maximum Gasteiger partial charge on any atom is 0.255 e. The number of nitrogens with zero attached hydrogens (tertiary/aromatic N) is 2. The molecule has 36 heavy (non-hydrogen) atoms. The highest BCUT2D eigenvalue weighted by Gasteiger charge is 2.29. The summed E-state index contributed by atoms with van der Waals surface area (Å²) in [6, 6.07) is 19.1. The summed E-state index contributed by atoms with van der Waals surface area (Å²) < 4.78 is 13.2. The standard InChI is InChI=1S/C28H26ClFN4O2/c29-26-14-11-24(33-27(35)19-5-7-22(30)8-6-19)15-21(26)17-34(25-12-9-23(32)10-13-25)28(36)20-3-1-18(16-31)2-4-20/h1-8,11,14-15,23,25H,9-10,12-13,17,32H2,(H,33,35). The van der Waals surface area contributed by atoms with Crippen LogP contribution >= 0.6 is 11.6 Å². The molecule has 1 saturated carbocycles. The Hall–Kier alpha value is -3.73. The van der Waals surface area contributed by atoms with E-state index in [1.165, 1.54) is 24.3 Å². The number of nitrogens with one attached hydrogen (secondary N) is 1. The van der Waals surface area contributed by atoms with E-state index in [2.05, 4.69) is 11.4 Å². The van der Waals surface area contributed by atoms with Crippen LogP contribution in [0.5, 0.6) is 0 Å². The van der Waals surface area contributed by atoms with Gasteiger partial charge in [0, 0.05) is 40.5 Å². The summed E-state index contributed by atoms with van der Waals surface area (Å²) in [7, 11) is 0. The van der Waals surface area contributed by atoms with Crippen molar-refractivity contribution in [3.63, 3.8) is 0 Å². The molecule has 0 heterocycles. The molecule has 6 nitrogen and oxygen atoms in total. The molecule has 0 aliphatic heterocycles. The molecule has 3 aromatic carbocycles. The smallest absolute Gasteiger partial charge is 0.255 e. The molecule has 0 aromatic heterocycles. The fourth-order valence-electron chi connectivity index (χ4n) is 4.39. The Morgan fingerprint density at radius 2 is 1.64 bits per heavy atom. The van der Waals surface area contributed by atoms with E-state index in [0.717, 1.165) is 25.7 Å². The van der Waals surface area contributed by atoms with E-state index in [-0.39, 0.29) is 30.4 Å². The van der Waals surface area contributed by atoms with Crippen molar-refractivity contribution in [3.8, 4) is 6.07 Å². The molecule has 2 amide bonds. The fourth-order valence-corrected chi connectivity index (χ4v) is 4.57. The minimum absolute atomic E-state index is 0.0125. The minimum atomic E-state index is -0.420. The third kappa shape index (κ3) is 6.09. The molecule has 1 aliphatic carbocycles. The normalized spacial score (nSPS) is 17.2. The minimum Gasteiger partial charge on any atom is -0.331 e. The van der Waals surface area contributed by atoms with Crippen molar-refractivity contribution in [2.45, 2.75) is 44.3 Å². The quantitative estimate of drug-likeness (QED) is 0.462. The van der Waals surface area contributed by atoms with Gasteiger partial charge in [0.15, 0.2) is 0 Å². The molecule has 1 aliphatic rings. The Morgan fingerprint density at radius 3 is 2.28 bits per heavy atom. The first-order valence-corrected chi connectivity index (χ1v) is 12.1. The summed E-state index contributed by atoms with van der Waals surface area (Å²) in [6.45, 7) is 0.248. The Bertz CT molecular complexity index is 1280. The van der Waals surface area contributed by atoms with Gasteiger partial charge in [-0.2, -0.15) is 5.26 Å². The third-order valence-corrected chi connectivity index (χ3v) is 6.82. The molecular weight excluding hydrogens is 479 g/mol. The number of hydrogen-bond acceptors (Lipinski definition) is 4. The molecule has 184 valence electrons. The largest absolute Gasteiger partial charge is 0.331 e. The van der Waals surface area contributed by atoms with Crippen LogP contribution in [-0.2, 0) is 6.54 Å². The number of halogens is 2. The van der Waals surface area contributed by atoms with Crippen LogP contribution in [0, 0.1) is 17.1 Å². The molecule has 0 radical (unpaired) electrons. The third-order valence-electron chi connectivity index (χ3n) is 6.45. The average Bonchev–Trinajstić information content (AvgIpc) is 2.89. The molecular formula is C28H26ClFN4O2. The zero-order chi connectivity index (χ0) is 25.7. The second kappa shape index (κ2) is 11.3. The lowest BCUT2D eigenvalue weighted by molar-refractivity contribution is 0.0606. The van der Waals surface area contributed by atoms with E-state index in [9.17, 15) is 14.0 Å². The Labute approximate surface area is 214 Å². The first kappa shape index (κ1) is 25.4. The van der Waals surface area contributed by atoms with Crippen molar-refractivity contribution in [2.24, 2.45) is 5.73 Å². The predicted molar refractivity (Wildman–Crippen MR) is 137 cm³/mol. The van der Waals surface area contributed by atoms with Gasteiger partial charge >= 0.3 is 0 Å². The Kier molecular flexibility index (Phi) is 7.99. The van der Waals surface area contributed by atoms with Crippen molar-refractivity contribution in [1.82, 2.24) is 4.90 Å². The summed E-state index contributed by atoms with van der Waals surface area (Å²) in [6.07, 6.45) is 3.20. The number of nitrogens with two attached hydrogens (primary N) is 1. The van der Waals surface area contributed by atoms with Crippen LogP contribution in [-0.4, -0.2) is 28.8 Å². The lowest BCUT2D eigenvalue weighted by Crippen LogP contribution is -2.44. The van der Waals surface area contributed by atoms with Gasteiger partial charge in [-0.3, -0.25) is 9.59 Å². The SMILES string of the molecule is N#Cc1ccc(C(=O)N(Cc2cc(NC(=O)c3ccc(F)cc3)ccc2Cl)C2CCC(N)CC2)cc1. The van der Waals surface area contributed by atoms with Crippen molar-refractivity contribution >= 4 is 29.1 Å². The van der Waals surface area contributed by atoms with Gasteiger partial charge in [-0.1, -0.05) is 11.6 Å². The number of carbonyl (C=O) groups excluding carboxylic acids is 2. The topological polar surface area (TPSA) is 99.2 Å². The number of nitriles is 1. The summed E-state index contributed by atoms with van der Waals surface area (Å²) in [5, 5.41) is 12.4. The summed E-state index contributed by atoms with van der Waals surface area (Å²) in [4.78, 5) is 28.0. The van der Waals surface area contributed by atoms with E-state index in [0.29, 0.717) is 33.0 Å². The van der Waals surface area contributed by atoms with Gasteiger partial charge in [-0.05, 0) is 98.0 Å². The van der Waals surface area contributed by atoms with Crippen LogP contribution in [0.3, 0.4) is 0 Å². The number of benzene rings is 3. The van der Waals surface area contributed by atoms with Crippen molar-refractivity contribution < 1.29 is 14.0 Å². The van der Waals surface area contributed by atoms with E-state index in [4.69, 9.17) is 22.6 Å². The molecule has 3 aromatic rings. The van der Waals surface area contributed by atoms with Gasteiger partial charge in [-0.15, -0.1) is 0 Å². The summed E-state index contributed by atoms with van der Waals surface area (Å²) in [5.74, 6) is -0.956. The van der Waals surface area contributed by atoms with Crippen LogP contribution in [0.1, 0.15) is 57.5 Å². The van der Waals surface area contributed by atoms with Crippen molar-refractivity contribution in [1.29, 1.82) is 5.26 Å². The number of rotatable bonds is 6. The number of amides is 2. The predicted octanol–water partition coefficient (Wildman–Crippen LogP) is 5.52. The average molecular weight is 505 g/mol. The monoisotopic (exact) mass is 504 g/mol.